The monoisotopic (exact) mass is 234 g/mol. The molecule has 0 atom stereocenters. The lowest BCUT2D eigenvalue weighted by molar-refractivity contribution is -0.000634. The largest absolute Gasteiger partial charge is 0.385 e. The summed E-state index contributed by atoms with van der Waals surface area (Å²) in [6.07, 6.45) is 6.68. The zero-order valence-electron chi connectivity index (χ0n) is 10.2. The minimum absolute atomic E-state index is 0.530. The standard InChI is InChI=1S/C14H22OSi/c15-14(9-2-1-3-10-14)13-6-4-12(5-7-13)8-11-16/h4-7,15H,1-3,8-11H2,16H3. The van der Waals surface area contributed by atoms with E-state index in [-0.39, 0.29) is 0 Å². The smallest absolute Gasteiger partial charge is 0.0896 e. The SMILES string of the molecule is OC1(c2ccc(CC[SiH3])cc2)CCCCC1. The van der Waals surface area contributed by atoms with Crippen LogP contribution in [0.5, 0.6) is 0 Å². The van der Waals surface area contributed by atoms with Crippen molar-refractivity contribution in [2.45, 2.75) is 50.2 Å². The Kier molecular flexibility index (Phi) is 3.82. The predicted octanol–water partition coefficient (Wildman–Crippen LogP) is 2.16. The third-order valence-electron chi connectivity index (χ3n) is 3.71. The highest BCUT2D eigenvalue weighted by atomic mass is 28.1. The molecule has 1 aliphatic carbocycles. The summed E-state index contributed by atoms with van der Waals surface area (Å²) in [5, 5.41) is 10.6. The van der Waals surface area contributed by atoms with Crippen LogP contribution in [0.15, 0.2) is 24.3 Å². The van der Waals surface area contributed by atoms with Gasteiger partial charge in [-0.25, -0.2) is 0 Å². The second kappa shape index (κ2) is 5.15. The van der Waals surface area contributed by atoms with Crippen LogP contribution in [0.2, 0.25) is 6.04 Å². The van der Waals surface area contributed by atoms with E-state index in [2.05, 4.69) is 24.3 Å². The molecule has 1 fully saturated rings. The Morgan fingerprint density at radius 3 is 2.25 bits per heavy atom. The summed E-state index contributed by atoms with van der Waals surface area (Å²) in [6.45, 7) is 0. The van der Waals surface area contributed by atoms with Crippen LogP contribution in [0.4, 0.5) is 0 Å². The first kappa shape index (κ1) is 11.9. The van der Waals surface area contributed by atoms with Gasteiger partial charge in [0.05, 0.1) is 5.60 Å². The molecule has 0 aromatic heterocycles. The van der Waals surface area contributed by atoms with Gasteiger partial charge in [-0.3, -0.25) is 0 Å². The van der Waals surface area contributed by atoms with Gasteiger partial charge >= 0.3 is 0 Å². The highest BCUT2D eigenvalue weighted by Crippen LogP contribution is 2.36. The van der Waals surface area contributed by atoms with Crippen molar-refractivity contribution in [3.63, 3.8) is 0 Å². The van der Waals surface area contributed by atoms with Gasteiger partial charge in [0.25, 0.3) is 0 Å². The zero-order chi connectivity index (χ0) is 11.4. The lowest BCUT2D eigenvalue weighted by Crippen LogP contribution is -2.28. The maximum Gasteiger partial charge on any atom is 0.0896 e. The number of rotatable bonds is 3. The first-order valence-electron chi connectivity index (χ1n) is 6.56. The number of aliphatic hydroxyl groups is 1. The predicted molar refractivity (Wildman–Crippen MR) is 71.9 cm³/mol. The lowest BCUT2D eigenvalue weighted by Gasteiger charge is -2.32. The fraction of sp³-hybridized carbons (Fsp3) is 0.571. The number of hydrogen-bond acceptors (Lipinski definition) is 1. The molecule has 88 valence electrons. The maximum absolute atomic E-state index is 10.6. The first-order chi connectivity index (χ1) is 7.74. The number of benzene rings is 1. The fourth-order valence-electron chi connectivity index (χ4n) is 2.70. The van der Waals surface area contributed by atoms with Crippen molar-refractivity contribution in [2.75, 3.05) is 0 Å². The Hall–Kier alpha value is -0.603. The average molecular weight is 234 g/mol. The van der Waals surface area contributed by atoms with E-state index in [0.29, 0.717) is 0 Å². The Morgan fingerprint density at radius 2 is 1.69 bits per heavy atom. The van der Waals surface area contributed by atoms with E-state index >= 15 is 0 Å². The van der Waals surface area contributed by atoms with Crippen molar-refractivity contribution in [1.29, 1.82) is 0 Å². The highest BCUT2D eigenvalue weighted by Gasteiger charge is 2.30. The molecule has 16 heavy (non-hydrogen) atoms. The van der Waals surface area contributed by atoms with Crippen LogP contribution in [0.25, 0.3) is 0 Å². The van der Waals surface area contributed by atoms with E-state index in [1.165, 1.54) is 47.5 Å². The van der Waals surface area contributed by atoms with Crippen molar-refractivity contribution >= 4 is 10.2 Å². The quantitative estimate of drug-likeness (QED) is 0.795. The van der Waals surface area contributed by atoms with Crippen molar-refractivity contribution in [1.82, 2.24) is 0 Å². The van der Waals surface area contributed by atoms with Crippen LogP contribution in [0.1, 0.15) is 43.2 Å². The van der Waals surface area contributed by atoms with Gasteiger partial charge in [0, 0.05) is 10.2 Å². The van der Waals surface area contributed by atoms with Crippen molar-refractivity contribution < 1.29 is 5.11 Å². The van der Waals surface area contributed by atoms with Gasteiger partial charge in [-0.2, -0.15) is 0 Å². The van der Waals surface area contributed by atoms with E-state index in [9.17, 15) is 5.11 Å². The summed E-state index contributed by atoms with van der Waals surface area (Å²) in [6, 6.07) is 9.99. The molecule has 1 aliphatic rings. The average Bonchev–Trinajstić information content (AvgIpc) is 2.31. The van der Waals surface area contributed by atoms with E-state index < -0.39 is 5.60 Å². The van der Waals surface area contributed by atoms with Gasteiger partial charge in [0.1, 0.15) is 0 Å². The van der Waals surface area contributed by atoms with Gasteiger partial charge in [-0.05, 0) is 30.4 Å². The van der Waals surface area contributed by atoms with Crippen LogP contribution >= 0.6 is 0 Å². The molecular formula is C14H22OSi. The Bertz CT molecular complexity index is 325. The van der Waals surface area contributed by atoms with Gasteiger partial charge in [-0.1, -0.05) is 49.6 Å². The molecule has 0 spiro atoms. The summed E-state index contributed by atoms with van der Waals surface area (Å²) in [4.78, 5) is 0. The molecule has 1 N–H and O–H groups in total. The molecule has 1 nitrogen and oxygen atoms in total. The Morgan fingerprint density at radius 1 is 1.06 bits per heavy atom. The fourth-order valence-corrected chi connectivity index (χ4v) is 3.27. The summed E-state index contributed by atoms with van der Waals surface area (Å²) in [5.41, 5.74) is 2.01. The molecule has 0 heterocycles. The van der Waals surface area contributed by atoms with Crippen LogP contribution in [-0.2, 0) is 12.0 Å². The zero-order valence-corrected chi connectivity index (χ0v) is 12.2. The normalized spacial score (nSPS) is 19.8. The van der Waals surface area contributed by atoms with Gasteiger partial charge in [0.2, 0.25) is 0 Å². The first-order valence-corrected chi connectivity index (χ1v) is 7.98. The van der Waals surface area contributed by atoms with Gasteiger partial charge in [-0.15, -0.1) is 0 Å². The second-order valence-electron chi connectivity index (χ2n) is 5.04. The van der Waals surface area contributed by atoms with Crippen LogP contribution in [0.3, 0.4) is 0 Å². The molecule has 2 heteroatoms. The molecule has 0 unspecified atom stereocenters. The van der Waals surface area contributed by atoms with E-state index in [1.807, 2.05) is 0 Å². The molecule has 1 aromatic carbocycles. The molecule has 2 rings (SSSR count). The third-order valence-corrected chi connectivity index (χ3v) is 4.21. The van der Waals surface area contributed by atoms with Gasteiger partial charge < -0.3 is 5.11 Å². The molecule has 0 saturated heterocycles. The Labute approximate surface area is 101 Å². The van der Waals surface area contributed by atoms with E-state index in [4.69, 9.17) is 0 Å². The molecule has 1 saturated carbocycles. The lowest BCUT2D eigenvalue weighted by atomic mass is 9.79. The van der Waals surface area contributed by atoms with Gasteiger partial charge in [0.15, 0.2) is 0 Å². The summed E-state index contributed by atoms with van der Waals surface area (Å²) < 4.78 is 0. The molecule has 0 radical (unpaired) electrons. The van der Waals surface area contributed by atoms with Crippen molar-refractivity contribution in [3.8, 4) is 0 Å². The molecule has 0 amide bonds. The van der Waals surface area contributed by atoms with E-state index in [0.717, 1.165) is 18.4 Å². The molecular weight excluding hydrogens is 212 g/mol. The molecule has 0 bridgehead atoms. The molecule has 1 aromatic rings. The van der Waals surface area contributed by atoms with Crippen LogP contribution < -0.4 is 0 Å². The minimum atomic E-state index is -0.530. The Balaban J connectivity index is 2.13. The molecule has 0 aliphatic heterocycles. The summed E-state index contributed by atoms with van der Waals surface area (Å²) in [7, 11) is 1.27. The summed E-state index contributed by atoms with van der Waals surface area (Å²) in [5.74, 6) is 0. The van der Waals surface area contributed by atoms with Crippen molar-refractivity contribution in [2.24, 2.45) is 0 Å². The second-order valence-corrected chi connectivity index (χ2v) is 6.04. The van der Waals surface area contributed by atoms with Crippen molar-refractivity contribution in [3.05, 3.63) is 35.4 Å². The van der Waals surface area contributed by atoms with E-state index in [1.54, 1.807) is 0 Å². The number of aryl methyl sites for hydroxylation is 1. The minimum Gasteiger partial charge on any atom is -0.385 e. The highest BCUT2D eigenvalue weighted by molar-refractivity contribution is 6.08. The van der Waals surface area contributed by atoms with Crippen LogP contribution in [0, 0.1) is 0 Å². The third kappa shape index (κ3) is 2.55. The summed E-state index contributed by atoms with van der Waals surface area (Å²) >= 11 is 0. The number of hydrogen-bond donors (Lipinski definition) is 1. The maximum atomic E-state index is 10.6. The van der Waals surface area contributed by atoms with Crippen LogP contribution in [-0.4, -0.2) is 15.3 Å². The topological polar surface area (TPSA) is 20.2 Å².